The predicted octanol–water partition coefficient (Wildman–Crippen LogP) is 23.9. The van der Waals surface area contributed by atoms with Crippen LogP contribution in [-0.4, -0.2) is 87.4 Å². The van der Waals surface area contributed by atoms with Gasteiger partial charge in [-0.15, -0.1) is 0 Å². The smallest absolute Gasteiger partial charge is 0.361 e. The lowest BCUT2D eigenvalue weighted by Gasteiger charge is -2.25. The zero-order valence-electron chi connectivity index (χ0n) is 58.7. The van der Waals surface area contributed by atoms with Gasteiger partial charge in [-0.3, -0.25) is 9.59 Å². The molecule has 0 radical (unpaired) electrons. The summed E-state index contributed by atoms with van der Waals surface area (Å²) in [5, 5.41) is 9.76. The summed E-state index contributed by atoms with van der Waals surface area (Å²) in [5.41, 5.74) is 0. The van der Waals surface area contributed by atoms with Crippen LogP contribution in [0.4, 0.5) is 0 Å². The summed E-state index contributed by atoms with van der Waals surface area (Å²) in [6.45, 7) is 4.94. The molecule has 0 aliphatic heterocycles. The number of hydrogen-bond donors (Lipinski definition) is 1. The van der Waals surface area contributed by atoms with E-state index in [9.17, 15) is 19.5 Å². The Balaban J connectivity index is 4.01. The fraction of sp³-hybridized carbons (Fsp3) is 0.885. The van der Waals surface area contributed by atoms with Crippen molar-refractivity contribution in [2.75, 3.05) is 47.5 Å². The maximum Gasteiger partial charge on any atom is 0.361 e. The zero-order chi connectivity index (χ0) is 63.3. The van der Waals surface area contributed by atoms with E-state index in [0.717, 1.165) is 44.9 Å². The van der Waals surface area contributed by atoms with Crippen LogP contribution in [-0.2, 0) is 33.3 Å². The number of esters is 2. The minimum atomic E-state index is -1.51. The van der Waals surface area contributed by atoms with Crippen molar-refractivity contribution in [1.29, 1.82) is 0 Å². The van der Waals surface area contributed by atoms with Crippen molar-refractivity contribution in [2.45, 2.75) is 399 Å². The Labute approximate surface area is 540 Å². The van der Waals surface area contributed by atoms with Crippen LogP contribution in [0.1, 0.15) is 386 Å². The van der Waals surface area contributed by atoms with Crippen LogP contribution in [0.25, 0.3) is 0 Å². The van der Waals surface area contributed by atoms with Crippen LogP contribution in [0.2, 0.25) is 0 Å². The number of carboxylic acids is 1. The van der Waals surface area contributed by atoms with E-state index in [0.29, 0.717) is 17.4 Å². The lowest BCUT2D eigenvalue weighted by molar-refractivity contribution is -0.870. The average molecular weight is 1230 g/mol. The molecular formula is C78H148NO8+. The summed E-state index contributed by atoms with van der Waals surface area (Å²) in [4.78, 5) is 37.7. The van der Waals surface area contributed by atoms with E-state index in [1.807, 2.05) is 21.1 Å². The SMILES string of the molecule is CCCCCCC/C=C\C/C=C\CCCCCCCCCCCCCCCCCCCC(=O)OC(COC(=O)CCCCCCCCCCCCCCCCCCCCCCC/C=C\CCCCCCCCCC)COC(OCC[N+](C)(C)C)C(=O)O. The van der Waals surface area contributed by atoms with E-state index in [1.165, 1.54) is 315 Å². The van der Waals surface area contributed by atoms with Crippen LogP contribution in [0.5, 0.6) is 0 Å². The van der Waals surface area contributed by atoms with Gasteiger partial charge < -0.3 is 28.5 Å². The Morgan fingerprint density at radius 2 is 0.621 bits per heavy atom. The second kappa shape index (κ2) is 69.4. The van der Waals surface area contributed by atoms with Crippen LogP contribution in [0.15, 0.2) is 36.5 Å². The number of allylic oxidation sites excluding steroid dienone is 6. The molecule has 512 valence electrons. The number of hydrogen-bond acceptors (Lipinski definition) is 7. The fourth-order valence-electron chi connectivity index (χ4n) is 11.5. The number of carbonyl (C=O) groups excluding carboxylic acids is 2. The lowest BCUT2D eigenvalue weighted by atomic mass is 10.0. The van der Waals surface area contributed by atoms with Gasteiger partial charge in [0.25, 0.3) is 6.29 Å². The first kappa shape index (κ1) is 84.5. The van der Waals surface area contributed by atoms with Gasteiger partial charge in [-0.1, -0.05) is 339 Å². The maximum absolute atomic E-state index is 13.0. The summed E-state index contributed by atoms with van der Waals surface area (Å²) < 4.78 is 23.0. The van der Waals surface area contributed by atoms with Gasteiger partial charge in [0.05, 0.1) is 34.4 Å². The van der Waals surface area contributed by atoms with Crippen molar-refractivity contribution in [3.05, 3.63) is 36.5 Å². The molecule has 0 aliphatic rings. The molecule has 2 atom stereocenters. The molecule has 0 rings (SSSR count). The van der Waals surface area contributed by atoms with Gasteiger partial charge in [0.1, 0.15) is 13.2 Å². The van der Waals surface area contributed by atoms with Crippen LogP contribution in [0, 0.1) is 0 Å². The number of unbranched alkanes of at least 4 members (excludes halogenated alkanes) is 51. The van der Waals surface area contributed by atoms with E-state index in [-0.39, 0.29) is 38.2 Å². The van der Waals surface area contributed by atoms with Crippen molar-refractivity contribution in [3.63, 3.8) is 0 Å². The van der Waals surface area contributed by atoms with Gasteiger partial charge >= 0.3 is 17.9 Å². The van der Waals surface area contributed by atoms with Gasteiger partial charge in [0.2, 0.25) is 0 Å². The van der Waals surface area contributed by atoms with Gasteiger partial charge in [0, 0.05) is 12.8 Å². The van der Waals surface area contributed by atoms with Gasteiger partial charge in [0.15, 0.2) is 6.10 Å². The second-order valence-corrected chi connectivity index (χ2v) is 27.3. The molecule has 0 aromatic rings. The molecule has 1 N–H and O–H groups in total. The van der Waals surface area contributed by atoms with Crippen LogP contribution in [0.3, 0.4) is 0 Å². The first-order chi connectivity index (χ1) is 42.6. The molecule has 0 aliphatic carbocycles. The molecular weight excluding hydrogens is 1080 g/mol. The van der Waals surface area contributed by atoms with Crippen molar-refractivity contribution in [2.24, 2.45) is 0 Å². The number of ether oxygens (including phenoxy) is 4. The highest BCUT2D eigenvalue weighted by Gasteiger charge is 2.25. The Bertz CT molecular complexity index is 1520. The highest BCUT2D eigenvalue weighted by Crippen LogP contribution is 2.19. The molecule has 0 saturated carbocycles. The van der Waals surface area contributed by atoms with E-state index < -0.39 is 18.4 Å². The summed E-state index contributed by atoms with van der Waals surface area (Å²) in [6, 6.07) is 0. The molecule has 9 heteroatoms. The number of likely N-dealkylation sites (N-methyl/N-ethyl adjacent to an activating group) is 1. The minimum Gasteiger partial charge on any atom is -0.477 e. The number of quaternary nitrogens is 1. The Kier molecular flexibility index (Phi) is 67.4. The number of nitrogens with zero attached hydrogens (tertiary/aromatic N) is 1. The second-order valence-electron chi connectivity index (χ2n) is 27.3. The van der Waals surface area contributed by atoms with E-state index in [1.54, 1.807) is 0 Å². The highest BCUT2D eigenvalue weighted by atomic mass is 16.7. The number of carboxylic acid groups (broad SMARTS) is 1. The lowest BCUT2D eigenvalue weighted by Crippen LogP contribution is -2.40. The van der Waals surface area contributed by atoms with Crippen LogP contribution >= 0.6 is 0 Å². The van der Waals surface area contributed by atoms with Gasteiger partial charge in [-0.2, -0.15) is 0 Å². The zero-order valence-corrected chi connectivity index (χ0v) is 58.7. The molecule has 0 bridgehead atoms. The van der Waals surface area contributed by atoms with Crippen molar-refractivity contribution in [3.8, 4) is 0 Å². The first-order valence-electron chi connectivity index (χ1n) is 38.2. The molecule has 0 heterocycles. The van der Waals surface area contributed by atoms with Crippen LogP contribution < -0.4 is 0 Å². The summed E-state index contributed by atoms with van der Waals surface area (Å²) in [6.07, 6.45) is 85.7. The van der Waals surface area contributed by atoms with Crippen molar-refractivity contribution < 1.29 is 42.9 Å². The largest absolute Gasteiger partial charge is 0.477 e. The quantitative estimate of drug-likeness (QED) is 0.0211. The normalized spacial score (nSPS) is 12.8. The topological polar surface area (TPSA) is 108 Å². The van der Waals surface area contributed by atoms with E-state index >= 15 is 0 Å². The molecule has 0 amide bonds. The standard InChI is InChI=1S/C78H147NO8/c1-6-8-10-12-14-16-18-20-22-24-26-28-30-32-34-36-37-38-39-41-42-44-46-48-50-52-54-56-58-60-62-64-66-68-75(80)85-72-74(73-86-78(77(82)83)84-71-70-79(3,4)5)87-76(81)69-67-65-63-61-59-57-55-53-51-49-47-45-43-40-35-33-31-29-27-25-23-21-19-17-15-13-11-9-7-2/h19,21,24-27,74,78H,6-18,20,22-23,28-73H2,1-5H3/p+1/b21-19-,26-24-,27-25-. The highest BCUT2D eigenvalue weighted by molar-refractivity contribution is 5.71. The molecule has 9 nitrogen and oxygen atoms in total. The Hall–Kier alpha value is -2.49. The fourth-order valence-corrected chi connectivity index (χ4v) is 11.5. The molecule has 0 aromatic carbocycles. The molecule has 87 heavy (non-hydrogen) atoms. The number of rotatable bonds is 72. The summed E-state index contributed by atoms with van der Waals surface area (Å²) in [7, 11) is 5.99. The molecule has 0 spiro atoms. The first-order valence-corrected chi connectivity index (χ1v) is 38.2. The number of aliphatic carboxylic acids is 1. The summed E-state index contributed by atoms with van der Waals surface area (Å²) >= 11 is 0. The molecule has 0 aromatic heterocycles. The Morgan fingerprint density at radius 1 is 0.345 bits per heavy atom. The predicted molar refractivity (Wildman–Crippen MR) is 374 cm³/mol. The van der Waals surface area contributed by atoms with E-state index in [2.05, 4.69) is 50.3 Å². The maximum atomic E-state index is 13.0. The third-order valence-corrected chi connectivity index (χ3v) is 17.4. The average Bonchev–Trinajstić information content (AvgIpc) is 3.57. The van der Waals surface area contributed by atoms with Gasteiger partial charge in [-0.25, -0.2) is 4.79 Å². The summed E-state index contributed by atoms with van der Waals surface area (Å²) in [5.74, 6) is -1.97. The molecule has 2 unspecified atom stereocenters. The minimum absolute atomic E-state index is 0.176. The third kappa shape index (κ3) is 70.8. The molecule has 0 saturated heterocycles. The molecule has 0 fully saturated rings. The van der Waals surface area contributed by atoms with Gasteiger partial charge in [-0.05, 0) is 70.6 Å². The number of carbonyl (C=O) groups is 3. The monoisotopic (exact) mass is 1230 g/mol. The Morgan fingerprint density at radius 3 is 0.920 bits per heavy atom. The van der Waals surface area contributed by atoms with Crippen molar-refractivity contribution >= 4 is 17.9 Å². The third-order valence-electron chi connectivity index (χ3n) is 17.4. The van der Waals surface area contributed by atoms with Crippen molar-refractivity contribution in [1.82, 2.24) is 0 Å². The van der Waals surface area contributed by atoms with E-state index in [4.69, 9.17) is 18.9 Å².